The molecule has 0 aromatic heterocycles. The van der Waals surface area contributed by atoms with Gasteiger partial charge in [0, 0.05) is 12.6 Å². The van der Waals surface area contributed by atoms with Gasteiger partial charge in [0.2, 0.25) is 0 Å². The number of aliphatic carboxylic acids is 1. The summed E-state index contributed by atoms with van der Waals surface area (Å²) < 4.78 is 0. The third-order valence-corrected chi connectivity index (χ3v) is 2.43. The largest absolute Gasteiger partial charge is 0.481 e. The monoisotopic (exact) mass is 172 g/mol. The van der Waals surface area contributed by atoms with Gasteiger partial charge in [0.1, 0.15) is 0 Å². The molecule has 0 aliphatic carbocycles. The van der Waals surface area contributed by atoms with Gasteiger partial charge in [-0.1, -0.05) is 0 Å². The molecule has 1 aliphatic rings. The van der Waals surface area contributed by atoms with Crippen LogP contribution < -0.4 is 5.73 Å². The minimum absolute atomic E-state index is 0.0669. The summed E-state index contributed by atoms with van der Waals surface area (Å²) in [5.74, 6) is -0.619. The molecule has 1 heterocycles. The lowest BCUT2D eigenvalue weighted by atomic mass is 9.90. The third kappa shape index (κ3) is 2.46. The van der Waals surface area contributed by atoms with Gasteiger partial charge < -0.3 is 15.7 Å². The maximum Gasteiger partial charge on any atom is 0.303 e. The second-order valence-corrected chi connectivity index (χ2v) is 3.57. The Morgan fingerprint density at radius 3 is 3.00 bits per heavy atom. The summed E-state index contributed by atoms with van der Waals surface area (Å²) in [7, 11) is 2.00. The number of carboxylic acid groups (broad SMARTS) is 1. The van der Waals surface area contributed by atoms with Crippen LogP contribution in [0.15, 0.2) is 0 Å². The lowest BCUT2D eigenvalue weighted by Gasteiger charge is -2.33. The van der Waals surface area contributed by atoms with E-state index in [-0.39, 0.29) is 18.4 Å². The van der Waals surface area contributed by atoms with Gasteiger partial charge in [-0.2, -0.15) is 0 Å². The maximum absolute atomic E-state index is 10.4. The van der Waals surface area contributed by atoms with Crippen LogP contribution in [0.1, 0.15) is 12.8 Å². The molecule has 0 aromatic carbocycles. The molecule has 0 radical (unpaired) electrons. The Morgan fingerprint density at radius 2 is 2.42 bits per heavy atom. The standard InChI is InChI=1S/C8H16N2O2/c1-10-3-2-7(9)6(5-10)4-8(11)12/h6-7H,2-5,9H2,1H3,(H,11,12)/t6-,7-/m0/s1. The van der Waals surface area contributed by atoms with Crippen molar-refractivity contribution in [3.8, 4) is 0 Å². The Bertz CT molecular complexity index is 172. The summed E-state index contributed by atoms with van der Waals surface area (Å²) in [6.45, 7) is 1.80. The normalized spacial score (nSPS) is 31.8. The second kappa shape index (κ2) is 3.87. The molecule has 4 nitrogen and oxygen atoms in total. The van der Waals surface area contributed by atoms with Crippen molar-refractivity contribution in [1.29, 1.82) is 0 Å². The fourth-order valence-corrected chi connectivity index (χ4v) is 1.67. The van der Waals surface area contributed by atoms with Crippen LogP contribution in [-0.2, 0) is 4.79 Å². The quantitative estimate of drug-likeness (QED) is 0.602. The van der Waals surface area contributed by atoms with Crippen LogP contribution >= 0.6 is 0 Å². The highest BCUT2D eigenvalue weighted by atomic mass is 16.4. The van der Waals surface area contributed by atoms with Gasteiger partial charge in [-0.05, 0) is 25.9 Å². The predicted molar refractivity (Wildman–Crippen MR) is 45.8 cm³/mol. The molecule has 0 bridgehead atoms. The Kier molecular flexibility index (Phi) is 3.05. The van der Waals surface area contributed by atoms with Gasteiger partial charge in [-0.25, -0.2) is 0 Å². The van der Waals surface area contributed by atoms with Crippen molar-refractivity contribution >= 4 is 5.97 Å². The van der Waals surface area contributed by atoms with E-state index in [0.29, 0.717) is 0 Å². The van der Waals surface area contributed by atoms with Crippen molar-refractivity contribution in [2.45, 2.75) is 18.9 Å². The lowest BCUT2D eigenvalue weighted by molar-refractivity contribution is -0.138. The molecule has 1 fully saturated rings. The van der Waals surface area contributed by atoms with Gasteiger partial charge in [-0.15, -0.1) is 0 Å². The highest BCUT2D eigenvalue weighted by Gasteiger charge is 2.26. The number of carboxylic acids is 1. The molecule has 0 aromatic rings. The number of rotatable bonds is 2. The number of hydrogen-bond acceptors (Lipinski definition) is 3. The van der Waals surface area contributed by atoms with E-state index >= 15 is 0 Å². The van der Waals surface area contributed by atoms with Crippen molar-refractivity contribution in [1.82, 2.24) is 4.90 Å². The highest BCUT2D eigenvalue weighted by molar-refractivity contribution is 5.67. The molecule has 0 amide bonds. The molecule has 3 N–H and O–H groups in total. The van der Waals surface area contributed by atoms with Gasteiger partial charge >= 0.3 is 5.97 Å². The van der Waals surface area contributed by atoms with Crippen LogP contribution in [0, 0.1) is 5.92 Å². The van der Waals surface area contributed by atoms with Crippen molar-refractivity contribution in [2.75, 3.05) is 20.1 Å². The molecule has 1 aliphatic heterocycles. The molecule has 12 heavy (non-hydrogen) atoms. The van der Waals surface area contributed by atoms with Gasteiger partial charge in [0.25, 0.3) is 0 Å². The smallest absolute Gasteiger partial charge is 0.303 e. The van der Waals surface area contributed by atoms with E-state index in [9.17, 15) is 4.79 Å². The first kappa shape index (κ1) is 9.48. The summed E-state index contributed by atoms with van der Waals surface area (Å²) in [6.07, 6.45) is 1.11. The summed E-state index contributed by atoms with van der Waals surface area (Å²) in [5, 5.41) is 8.60. The van der Waals surface area contributed by atoms with Crippen LogP contribution in [0.4, 0.5) is 0 Å². The zero-order chi connectivity index (χ0) is 9.14. The van der Waals surface area contributed by atoms with Crippen molar-refractivity contribution in [3.63, 3.8) is 0 Å². The Balaban J connectivity index is 2.43. The van der Waals surface area contributed by atoms with Gasteiger partial charge in [-0.3, -0.25) is 4.79 Å². The maximum atomic E-state index is 10.4. The number of piperidine rings is 1. The second-order valence-electron chi connectivity index (χ2n) is 3.57. The van der Waals surface area contributed by atoms with E-state index in [1.807, 2.05) is 7.05 Å². The third-order valence-electron chi connectivity index (χ3n) is 2.43. The van der Waals surface area contributed by atoms with E-state index in [0.717, 1.165) is 19.5 Å². The van der Waals surface area contributed by atoms with Crippen molar-refractivity contribution in [2.24, 2.45) is 11.7 Å². The predicted octanol–water partition coefficient (Wildman–Crippen LogP) is -0.260. The number of hydrogen-bond donors (Lipinski definition) is 2. The van der Waals surface area contributed by atoms with E-state index in [1.54, 1.807) is 0 Å². The number of carbonyl (C=O) groups is 1. The van der Waals surface area contributed by atoms with E-state index < -0.39 is 5.97 Å². The van der Waals surface area contributed by atoms with Crippen LogP contribution in [0.3, 0.4) is 0 Å². The molecule has 70 valence electrons. The Labute approximate surface area is 72.3 Å². The van der Waals surface area contributed by atoms with E-state index in [2.05, 4.69) is 4.90 Å². The van der Waals surface area contributed by atoms with Crippen molar-refractivity contribution < 1.29 is 9.90 Å². The average Bonchev–Trinajstić information content (AvgIpc) is 1.96. The molecule has 4 heteroatoms. The van der Waals surface area contributed by atoms with E-state index in [1.165, 1.54) is 0 Å². The minimum Gasteiger partial charge on any atom is -0.481 e. The van der Waals surface area contributed by atoms with Gasteiger partial charge in [0.05, 0.1) is 6.42 Å². The molecule has 1 saturated heterocycles. The summed E-state index contributed by atoms with van der Waals surface area (Å²) in [5.41, 5.74) is 5.80. The highest BCUT2D eigenvalue weighted by Crippen LogP contribution is 2.17. The summed E-state index contributed by atoms with van der Waals surface area (Å²) in [4.78, 5) is 12.6. The first-order chi connectivity index (χ1) is 5.59. The number of likely N-dealkylation sites (tertiary alicyclic amines) is 1. The molecule has 1 rings (SSSR count). The van der Waals surface area contributed by atoms with Crippen molar-refractivity contribution in [3.05, 3.63) is 0 Å². The summed E-state index contributed by atoms with van der Waals surface area (Å²) >= 11 is 0. The van der Waals surface area contributed by atoms with E-state index in [4.69, 9.17) is 10.8 Å². The molecule has 2 atom stereocenters. The molecular weight excluding hydrogens is 156 g/mol. The molecule has 0 saturated carbocycles. The SMILES string of the molecule is CN1CC[C@H](N)[C@@H](CC(=O)O)C1. The fraction of sp³-hybridized carbons (Fsp3) is 0.875. The molecule has 0 spiro atoms. The Hall–Kier alpha value is -0.610. The summed E-state index contributed by atoms with van der Waals surface area (Å²) in [6, 6.07) is 0.0669. The van der Waals surface area contributed by atoms with Crippen LogP contribution in [0.25, 0.3) is 0 Å². The average molecular weight is 172 g/mol. The zero-order valence-corrected chi connectivity index (χ0v) is 7.36. The topological polar surface area (TPSA) is 66.6 Å². The lowest BCUT2D eigenvalue weighted by Crippen LogP contribution is -2.46. The van der Waals surface area contributed by atoms with Crippen LogP contribution in [-0.4, -0.2) is 42.2 Å². The zero-order valence-electron chi connectivity index (χ0n) is 7.36. The first-order valence-electron chi connectivity index (χ1n) is 4.25. The molecular formula is C8H16N2O2. The minimum atomic E-state index is -0.745. The van der Waals surface area contributed by atoms with Crippen LogP contribution in [0.2, 0.25) is 0 Å². The number of nitrogens with zero attached hydrogens (tertiary/aromatic N) is 1. The molecule has 0 unspecified atom stereocenters. The van der Waals surface area contributed by atoms with Crippen LogP contribution in [0.5, 0.6) is 0 Å². The van der Waals surface area contributed by atoms with Gasteiger partial charge in [0.15, 0.2) is 0 Å². The number of nitrogens with two attached hydrogens (primary N) is 1. The Morgan fingerprint density at radius 1 is 1.75 bits per heavy atom. The first-order valence-corrected chi connectivity index (χ1v) is 4.25. The fourth-order valence-electron chi connectivity index (χ4n) is 1.67.